The molecule has 7 heteroatoms. The summed E-state index contributed by atoms with van der Waals surface area (Å²) in [6.45, 7) is 8.08. The summed E-state index contributed by atoms with van der Waals surface area (Å²) in [7, 11) is 1.99. The number of nitrogens with zero attached hydrogens (tertiary/aromatic N) is 3. The molecule has 0 saturated heterocycles. The van der Waals surface area contributed by atoms with Crippen molar-refractivity contribution >= 4 is 11.9 Å². The van der Waals surface area contributed by atoms with E-state index in [-0.39, 0.29) is 13.1 Å². The fourth-order valence-corrected chi connectivity index (χ4v) is 1.75. The summed E-state index contributed by atoms with van der Waals surface area (Å²) in [5.41, 5.74) is 0. The first-order valence-electron chi connectivity index (χ1n) is 6.95. The summed E-state index contributed by atoms with van der Waals surface area (Å²) in [5, 5.41) is 17.7. The van der Waals surface area contributed by atoms with E-state index in [1.807, 2.05) is 25.8 Å². The molecule has 0 rings (SSSR count). The first kappa shape index (κ1) is 18.8. The van der Waals surface area contributed by atoms with Gasteiger partial charge in [0.05, 0.1) is 13.1 Å². The molecular formula is C13H27N3O4. The number of aliphatic carboxylic acids is 2. The Morgan fingerprint density at radius 2 is 1.25 bits per heavy atom. The maximum atomic E-state index is 10.9. The normalized spacial score (nSPS) is 11.5. The van der Waals surface area contributed by atoms with E-state index in [2.05, 4.69) is 4.90 Å². The van der Waals surface area contributed by atoms with Crippen LogP contribution in [0.5, 0.6) is 0 Å². The van der Waals surface area contributed by atoms with E-state index >= 15 is 0 Å². The van der Waals surface area contributed by atoms with Gasteiger partial charge in [-0.15, -0.1) is 0 Å². The van der Waals surface area contributed by atoms with Crippen LogP contribution >= 0.6 is 0 Å². The molecule has 7 nitrogen and oxygen atoms in total. The van der Waals surface area contributed by atoms with Gasteiger partial charge in [-0.1, -0.05) is 13.8 Å². The summed E-state index contributed by atoms with van der Waals surface area (Å²) >= 11 is 0. The molecule has 0 spiro atoms. The van der Waals surface area contributed by atoms with Crippen molar-refractivity contribution in [2.24, 2.45) is 0 Å². The molecule has 0 aromatic carbocycles. The first-order valence-corrected chi connectivity index (χ1v) is 6.95. The summed E-state index contributed by atoms with van der Waals surface area (Å²) < 4.78 is 0. The van der Waals surface area contributed by atoms with Gasteiger partial charge in [0.2, 0.25) is 0 Å². The molecule has 0 radical (unpaired) electrons. The Labute approximate surface area is 120 Å². The van der Waals surface area contributed by atoms with E-state index in [1.165, 1.54) is 0 Å². The van der Waals surface area contributed by atoms with E-state index in [9.17, 15) is 9.59 Å². The zero-order chi connectivity index (χ0) is 15.5. The summed E-state index contributed by atoms with van der Waals surface area (Å²) in [5.74, 6) is -1.72. The number of carbonyl (C=O) groups is 2. The Balaban J connectivity index is 4.25. The zero-order valence-corrected chi connectivity index (χ0v) is 12.7. The number of hydrogen-bond acceptors (Lipinski definition) is 5. The molecule has 0 fully saturated rings. The second kappa shape index (κ2) is 10.6. The number of hydrogen-bond donors (Lipinski definition) is 2. The fourth-order valence-electron chi connectivity index (χ4n) is 1.75. The third-order valence-electron chi connectivity index (χ3n) is 3.24. The van der Waals surface area contributed by atoms with Crippen LogP contribution in [-0.2, 0) is 9.59 Å². The van der Waals surface area contributed by atoms with E-state index in [4.69, 9.17) is 10.2 Å². The minimum Gasteiger partial charge on any atom is -0.480 e. The predicted octanol–water partition coefficient (Wildman–Crippen LogP) is -0.269. The highest BCUT2D eigenvalue weighted by Gasteiger charge is 2.13. The lowest BCUT2D eigenvalue weighted by molar-refractivity contribution is -0.140. The molecule has 2 N–H and O–H groups in total. The van der Waals surface area contributed by atoms with Crippen molar-refractivity contribution in [3.63, 3.8) is 0 Å². The molecule has 0 amide bonds. The molecular weight excluding hydrogens is 262 g/mol. The monoisotopic (exact) mass is 289 g/mol. The van der Waals surface area contributed by atoms with Crippen LogP contribution in [0.15, 0.2) is 0 Å². The molecule has 0 saturated carbocycles. The second-order valence-corrected chi connectivity index (χ2v) is 4.83. The Bertz CT molecular complexity index is 299. The van der Waals surface area contributed by atoms with Crippen molar-refractivity contribution in [3.8, 4) is 0 Å². The smallest absolute Gasteiger partial charge is 0.317 e. The lowest BCUT2D eigenvalue weighted by atomic mass is 10.3. The molecule has 0 unspecified atom stereocenters. The topological polar surface area (TPSA) is 84.3 Å². The first-order chi connectivity index (χ1) is 9.38. The van der Waals surface area contributed by atoms with E-state index < -0.39 is 11.9 Å². The van der Waals surface area contributed by atoms with Crippen molar-refractivity contribution < 1.29 is 19.8 Å². The molecule has 118 valence electrons. The van der Waals surface area contributed by atoms with Crippen LogP contribution in [-0.4, -0.2) is 96.3 Å². The van der Waals surface area contributed by atoms with E-state index in [1.54, 1.807) is 4.90 Å². The van der Waals surface area contributed by atoms with Crippen LogP contribution in [0.3, 0.4) is 0 Å². The minimum atomic E-state index is -0.859. The SMILES string of the molecule is CCN(C)CCN(CCN(CC)CC(=O)O)CC(=O)O. The van der Waals surface area contributed by atoms with Crippen molar-refractivity contribution in [2.75, 3.05) is 59.4 Å². The van der Waals surface area contributed by atoms with E-state index in [0.29, 0.717) is 26.2 Å². The van der Waals surface area contributed by atoms with Crippen molar-refractivity contribution in [1.29, 1.82) is 0 Å². The largest absolute Gasteiger partial charge is 0.480 e. The lowest BCUT2D eigenvalue weighted by Crippen LogP contribution is -2.42. The van der Waals surface area contributed by atoms with Gasteiger partial charge in [0, 0.05) is 26.2 Å². The second-order valence-electron chi connectivity index (χ2n) is 4.83. The van der Waals surface area contributed by atoms with Crippen LogP contribution in [0.1, 0.15) is 13.8 Å². The molecule has 0 aliphatic rings. The third-order valence-corrected chi connectivity index (χ3v) is 3.24. The Morgan fingerprint density at radius 1 is 0.800 bits per heavy atom. The van der Waals surface area contributed by atoms with Crippen LogP contribution in [0.2, 0.25) is 0 Å². The average Bonchev–Trinajstić information content (AvgIpc) is 2.38. The Hall–Kier alpha value is -1.18. The van der Waals surface area contributed by atoms with Crippen LogP contribution in [0.4, 0.5) is 0 Å². The Morgan fingerprint density at radius 3 is 1.70 bits per heavy atom. The molecule has 0 bridgehead atoms. The maximum Gasteiger partial charge on any atom is 0.317 e. The predicted molar refractivity (Wildman–Crippen MR) is 77.0 cm³/mol. The van der Waals surface area contributed by atoms with Gasteiger partial charge in [-0.2, -0.15) is 0 Å². The van der Waals surface area contributed by atoms with Gasteiger partial charge < -0.3 is 15.1 Å². The highest BCUT2D eigenvalue weighted by molar-refractivity contribution is 5.69. The van der Waals surface area contributed by atoms with Crippen molar-refractivity contribution in [3.05, 3.63) is 0 Å². The molecule has 0 aliphatic carbocycles. The summed E-state index contributed by atoms with van der Waals surface area (Å²) in [6, 6.07) is 0. The number of carboxylic acid groups (broad SMARTS) is 2. The third kappa shape index (κ3) is 9.71. The fraction of sp³-hybridized carbons (Fsp3) is 0.846. The molecule has 0 heterocycles. The zero-order valence-electron chi connectivity index (χ0n) is 12.7. The quantitative estimate of drug-likeness (QED) is 0.511. The molecule has 0 aliphatic heterocycles. The van der Waals surface area contributed by atoms with Gasteiger partial charge in [0.25, 0.3) is 0 Å². The van der Waals surface area contributed by atoms with E-state index in [0.717, 1.165) is 13.1 Å². The van der Waals surface area contributed by atoms with Crippen molar-refractivity contribution in [1.82, 2.24) is 14.7 Å². The maximum absolute atomic E-state index is 10.9. The van der Waals surface area contributed by atoms with Crippen LogP contribution in [0, 0.1) is 0 Å². The standard InChI is InChI=1S/C13H27N3O4/c1-4-14(3)6-7-16(11-13(19)20)9-8-15(5-2)10-12(17)18/h4-11H2,1-3H3,(H,17,18)(H,19,20). The van der Waals surface area contributed by atoms with Gasteiger partial charge in [0.1, 0.15) is 0 Å². The van der Waals surface area contributed by atoms with Gasteiger partial charge in [-0.05, 0) is 20.1 Å². The lowest BCUT2D eigenvalue weighted by Gasteiger charge is -2.26. The highest BCUT2D eigenvalue weighted by atomic mass is 16.4. The van der Waals surface area contributed by atoms with Gasteiger partial charge >= 0.3 is 11.9 Å². The Kier molecular flexibility index (Phi) is 9.96. The van der Waals surface area contributed by atoms with Gasteiger partial charge in [-0.3, -0.25) is 19.4 Å². The highest BCUT2D eigenvalue weighted by Crippen LogP contribution is 1.94. The molecule has 0 aromatic rings. The minimum absolute atomic E-state index is 0.00766. The molecule has 0 aromatic heterocycles. The van der Waals surface area contributed by atoms with Crippen LogP contribution in [0.25, 0.3) is 0 Å². The van der Waals surface area contributed by atoms with Gasteiger partial charge in [-0.25, -0.2) is 0 Å². The number of rotatable bonds is 12. The number of likely N-dealkylation sites (N-methyl/N-ethyl adjacent to an activating group) is 2. The summed E-state index contributed by atoms with van der Waals surface area (Å²) in [4.78, 5) is 27.3. The molecule has 20 heavy (non-hydrogen) atoms. The average molecular weight is 289 g/mol. The van der Waals surface area contributed by atoms with Gasteiger partial charge in [0.15, 0.2) is 0 Å². The number of carboxylic acids is 2. The van der Waals surface area contributed by atoms with Crippen LogP contribution < -0.4 is 0 Å². The van der Waals surface area contributed by atoms with Crippen molar-refractivity contribution in [2.45, 2.75) is 13.8 Å². The molecule has 0 atom stereocenters. The summed E-state index contributed by atoms with van der Waals surface area (Å²) in [6.07, 6.45) is 0.